The monoisotopic (exact) mass is 159 g/mol. The van der Waals surface area contributed by atoms with Crippen LogP contribution in [0.25, 0.3) is 5.65 Å². The Kier molecular flexibility index (Phi) is 1.21. The van der Waals surface area contributed by atoms with Crippen LogP contribution in [0.1, 0.15) is 5.82 Å². The minimum absolute atomic E-state index is 0.132. The van der Waals surface area contributed by atoms with E-state index < -0.39 is 0 Å². The molecule has 58 valence electrons. The lowest BCUT2D eigenvalue weighted by Gasteiger charge is -1.92. The van der Waals surface area contributed by atoms with Crippen molar-refractivity contribution < 1.29 is 0 Å². The van der Waals surface area contributed by atoms with Gasteiger partial charge in [0.15, 0.2) is 5.65 Å². The summed E-state index contributed by atoms with van der Waals surface area (Å²) in [5.74, 6) is 0.132. The average Bonchev–Trinajstić information content (AvgIpc) is 2.49. The first kappa shape index (κ1) is 6.61. The zero-order chi connectivity index (χ0) is 8.55. The van der Waals surface area contributed by atoms with Crippen LogP contribution in [0.15, 0.2) is 18.3 Å². The molecule has 5 heteroatoms. The fourth-order valence-electron chi connectivity index (χ4n) is 0.974. The molecular weight excluding hydrogens is 154 g/mol. The molecule has 12 heavy (non-hydrogen) atoms. The first-order valence-electron chi connectivity index (χ1n) is 3.32. The van der Waals surface area contributed by atoms with E-state index in [0.29, 0.717) is 11.3 Å². The van der Waals surface area contributed by atoms with E-state index in [4.69, 9.17) is 11.0 Å². The van der Waals surface area contributed by atoms with Crippen LogP contribution < -0.4 is 5.73 Å². The van der Waals surface area contributed by atoms with Gasteiger partial charge in [-0.15, -0.1) is 5.10 Å². The summed E-state index contributed by atoms with van der Waals surface area (Å²) in [6, 6.07) is 5.31. The summed E-state index contributed by atoms with van der Waals surface area (Å²) in [4.78, 5) is 3.90. The maximum atomic E-state index is 8.50. The van der Waals surface area contributed by atoms with Crippen LogP contribution in [-0.4, -0.2) is 14.6 Å². The van der Waals surface area contributed by atoms with E-state index >= 15 is 0 Å². The molecule has 2 aromatic heterocycles. The zero-order valence-corrected chi connectivity index (χ0v) is 6.10. The number of pyridine rings is 1. The Morgan fingerprint density at radius 3 is 3.08 bits per heavy atom. The number of hydrogen-bond donors (Lipinski definition) is 1. The molecule has 0 atom stereocenters. The van der Waals surface area contributed by atoms with E-state index in [1.54, 1.807) is 18.3 Å². The molecule has 0 radical (unpaired) electrons. The predicted octanol–water partition coefficient (Wildman–Crippen LogP) is 0.183. The van der Waals surface area contributed by atoms with E-state index in [2.05, 4.69) is 10.1 Å². The van der Waals surface area contributed by atoms with Crippen LogP contribution >= 0.6 is 0 Å². The summed E-state index contributed by atoms with van der Waals surface area (Å²) in [6.45, 7) is 0. The van der Waals surface area contributed by atoms with E-state index in [9.17, 15) is 0 Å². The normalized spacial score (nSPS) is 9.92. The molecule has 0 aromatic carbocycles. The Morgan fingerprint density at radius 2 is 2.42 bits per heavy atom. The maximum absolute atomic E-state index is 8.50. The van der Waals surface area contributed by atoms with Gasteiger partial charge in [0.1, 0.15) is 6.07 Å². The molecule has 2 N–H and O–H groups in total. The molecule has 0 amide bonds. The highest BCUT2D eigenvalue weighted by atomic mass is 15.3. The van der Waals surface area contributed by atoms with Gasteiger partial charge in [-0.3, -0.25) is 0 Å². The lowest BCUT2D eigenvalue weighted by atomic mass is 10.4. The molecule has 0 bridgehead atoms. The van der Waals surface area contributed by atoms with Crippen LogP contribution in [0.2, 0.25) is 0 Å². The Hall–Kier alpha value is -2.09. The minimum Gasteiger partial charge on any atom is -0.396 e. The number of rotatable bonds is 0. The van der Waals surface area contributed by atoms with Crippen LogP contribution in [0, 0.1) is 11.3 Å². The number of aromatic nitrogens is 3. The first-order chi connectivity index (χ1) is 5.81. The van der Waals surface area contributed by atoms with Crippen molar-refractivity contribution in [3.63, 3.8) is 0 Å². The summed E-state index contributed by atoms with van der Waals surface area (Å²) < 4.78 is 1.48. The number of nitrogens with zero attached hydrogens (tertiary/aromatic N) is 4. The highest BCUT2D eigenvalue weighted by Crippen LogP contribution is 2.09. The topological polar surface area (TPSA) is 80.0 Å². The number of fused-ring (bicyclic) bond motifs is 1. The Labute approximate surface area is 68.1 Å². The summed E-state index contributed by atoms with van der Waals surface area (Å²) >= 11 is 0. The van der Waals surface area contributed by atoms with Gasteiger partial charge in [0, 0.05) is 6.20 Å². The van der Waals surface area contributed by atoms with Gasteiger partial charge in [0.2, 0.25) is 0 Å². The predicted molar refractivity (Wildman–Crippen MR) is 42.1 cm³/mol. The highest BCUT2D eigenvalue weighted by Gasteiger charge is 2.03. The van der Waals surface area contributed by atoms with Gasteiger partial charge in [0.25, 0.3) is 5.82 Å². The smallest absolute Gasteiger partial charge is 0.253 e. The largest absolute Gasteiger partial charge is 0.396 e. The fourth-order valence-corrected chi connectivity index (χ4v) is 0.974. The second kappa shape index (κ2) is 2.20. The minimum atomic E-state index is 0.132. The molecular formula is C7H5N5. The molecule has 0 saturated carbocycles. The van der Waals surface area contributed by atoms with Gasteiger partial charge in [-0.2, -0.15) is 10.2 Å². The van der Waals surface area contributed by atoms with Gasteiger partial charge in [-0.05, 0) is 12.1 Å². The lowest BCUT2D eigenvalue weighted by Crippen LogP contribution is -1.92. The van der Waals surface area contributed by atoms with Crippen molar-refractivity contribution in [2.24, 2.45) is 0 Å². The number of nitrogen functional groups attached to an aromatic ring is 1. The molecule has 2 heterocycles. The van der Waals surface area contributed by atoms with Crippen LogP contribution in [0.3, 0.4) is 0 Å². The summed E-state index contributed by atoms with van der Waals surface area (Å²) in [7, 11) is 0. The summed E-state index contributed by atoms with van der Waals surface area (Å²) in [5, 5.41) is 12.4. The zero-order valence-electron chi connectivity index (χ0n) is 6.10. The van der Waals surface area contributed by atoms with E-state index in [1.807, 2.05) is 6.07 Å². The Balaban J connectivity index is 2.85. The van der Waals surface area contributed by atoms with E-state index in [0.717, 1.165) is 0 Å². The van der Waals surface area contributed by atoms with Gasteiger partial charge in [-0.1, -0.05) is 0 Å². The third-order valence-electron chi connectivity index (χ3n) is 1.49. The molecule has 0 aliphatic rings. The second-order valence-electron chi connectivity index (χ2n) is 2.28. The number of nitrogens with two attached hydrogens (primary N) is 1. The van der Waals surface area contributed by atoms with Crippen LogP contribution in [0.5, 0.6) is 0 Å². The van der Waals surface area contributed by atoms with E-state index in [-0.39, 0.29) is 5.82 Å². The standard InChI is InChI=1S/C7H5N5/c8-4-6-10-7-5(9)2-1-3-12(7)11-6/h1-3H,9H2. The molecule has 2 aromatic rings. The third kappa shape index (κ3) is 0.787. The second-order valence-corrected chi connectivity index (χ2v) is 2.28. The first-order valence-corrected chi connectivity index (χ1v) is 3.32. The molecule has 0 unspecified atom stereocenters. The summed E-state index contributed by atoms with van der Waals surface area (Å²) in [6.07, 6.45) is 1.69. The van der Waals surface area contributed by atoms with Crippen molar-refractivity contribution in [3.8, 4) is 6.07 Å². The van der Waals surface area contributed by atoms with Crippen molar-refractivity contribution in [2.75, 3.05) is 5.73 Å². The molecule has 0 spiro atoms. The highest BCUT2D eigenvalue weighted by molar-refractivity contribution is 5.63. The van der Waals surface area contributed by atoms with Gasteiger partial charge >= 0.3 is 0 Å². The Bertz CT molecular complexity index is 464. The lowest BCUT2D eigenvalue weighted by molar-refractivity contribution is 0.950. The molecule has 0 saturated heterocycles. The molecule has 0 aliphatic carbocycles. The van der Waals surface area contributed by atoms with Crippen LogP contribution in [-0.2, 0) is 0 Å². The molecule has 0 aliphatic heterocycles. The van der Waals surface area contributed by atoms with Crippen molar-refractivity contribution in [3.05, 3.63) is 24.2 Å². The van der Waals surface area contributed by atoms with Crippen molar-refractivity contribution >= 4 is 11.3 Å². The third-order valence-corrected chi connectivity index (χ3v) is 1.49. The number of anilines is 1. The van der Waals surface area contributed by atoms with Crippen molar-refractivity contribution in [1.29, 1.82) is 5.26 Å². The van der Waals surface area contributed by atoms with Crippen molar-refractivity contribution in [2.45, 2.75) is 0 Å². The summed E-state index contributed by atoms with van der Waals surface area (Å²) in [5.41, 5.74) is 6.63. The average molecular weight is 159 g/mol. The number of nitriles is 1. The molecule has 5 nitrogen and oxygen atoms in total. The Morgan fingerprint density at radius 1 is 1.58 bits per heavy atom. The SMILES string of the molecule is N#Cc1nc2c(N)cccn2n1. The fraction of sp³-hybridized carbons (Fsp3) is 0. The number of hydrogen-bond acceptors (Lipinski definition) is 4. The van der Waals surface area contributed by atoms with Crippen molar-refractivity contribution in [1.82, 2.24) is 14.6 Å². The molecule has 0 fully saturated rings. The maximum Gasteiger partial charge on any atom is 0.253 e. The molecule has 2 rings (SSSR count). The van der Waals surface area contributed by atoms with Crippen LogP contribution in [0.4, 0.5) is 5.69 Å². The quantitative estimate of drug-likeness (QED) is 0.594. The van der Waals surface area contributed by atoms with Gasteiger partial charge < -0.3 is 5.73 Å². The van der Waals surface area contributed by atoms with Gasteiger partial charge in [0.05, 0.1) is 5.69 Å². The van der Waals surface area contributed by atoms with Gasteiger partial charge in [-0.25, -0.2) is 4.52 Å². The van der Waals surface area contributed by atoms with E-state index in [1.165, 1.54) is 4.52 Å².